The smallest absolute Gasteiger partial charge is 0.401 e. The Morgan fingerprint density at radius 3 is 2.71 bits per heavy atom. The van der Waals surface area contributed by atoms with E-state index in [0.29, 0.717) is 36.0 Å². The number of hydrogen-bond donors (Lipinski definition) is 2. The van der Waals surface area contributed by atoms with Gasteiger partial charge in [-0.05, 0) is 50.6 Å². The van der Waals surface area contributed by atoms with Gasteiger partial charge in [-0.2, -0.15) is 13.2 Å². The molecule has 1 atom stereocenters. The van der Waals surface area contributed by atoms with E-state index in [2.05, 4.69) is 48.7 Å². The van der Waals surface area contributed by atoms with Crippen LogP contribution in [0, 0.1) is 11.8 Å². The van der Waals surface area contributed by atoms with Crippen LogP contribution in [0.1, 0.15) is 19.2 Å². The van der Waals surface area contributed by atoms with Gasteiger partial charge in [-0.15, -0.1) is 10.2 Å². The van der Waals surface area contributed by atoms with Crippen molar-refractivity contribution >= 4 is 17.3 Å². The third-order valence-corrected chi connectivity index (χ3v) is 6.22. The zero-order chi connectivity index (χ0) is 27.3. The van der Waals surface area contributed by atoms with E-state index in [-0.39, 0.29) is 24.2 Å². The molecule has 0 radical (unpaired) electrons. The standard InChI is InChI=1S/C26H29F3N8O/c1-18-10-13-36(21-16-20(33-34-25(21)30)19-6-3-4-7-22(19)38)14-15-37(18)24-9-11-31-23(32-24)8-5-12-35(2)17-26(27,28)29/h3-4,6-7,9,11,16,18,38H,10,12-15,17H2,1-2H3,(H2,30,34)/t18-/m1/s1. The number of nitrogens with two attached hydrogens (primary N) is 1. The monoisotopic (exact) mass is 526 g/mol. The van der Waals surface area contributed by atoms with Crippen molar-refractivity contribution in [1.82, 2.24) is 25.1 Å². The predicted molar refractivity (Wildman–Crippen MR) is 140 cm³/mol. The lowest BCUT2D eigenvalue weighted by molar-refractivity contribution is -0.141. The molecule has 1 aromatic carbocycles. The molecule has 3 N–H and O–H groups in total. The topological polar surface area (TPSA) is 108 Å². The van der Waals surface area contributed by atoms with Crippen LogP contribution >= 0.6 is 0 Å². The quantitative estimate of drug-likeness (QED) is 0.485. The summed E-state index contributed by atoms with van der Waals surface area (Å²) in [6.07, 6.45) is -1.86. The summed E-state index contributed by atoms with van der Waals surface area (Å²) in [5, 5.41) is 18.5. The normalized spacial score (nSPS) is 16.2. The minimum absolute atomic E-state index is 0.0493. The lowest BCUT2D eigenvalue weighted by Gasteiger charge is -2.28. The van der Waals surface area contributed by atoms with E-state index < -0.39 is 12.7 Å². The van der Waals surface area contributed by atoms with Crippen LogP contribution in [-0.4, -0.2) is 82.2 Å². The molecule has 1 aliphatic heterocycles. The molecule has 4 rings (SSSR count). The highest BCUT2D eigenvalue weighted by molar-refractivity contribution is 5.74. The molecule has 0 spiro atoms. The van der Waals surface area contributed by atoms with Gasteiger partial charge in [0.05, 0.1) is 24.5 Å². The van der Waals surface area contributed by atoms with Gasteiger partial charge in [-0.3, -0.25) is 4.90 Å². The third-order valence-electron chi connectivity index (χ3n) is 6.22. The molecule has 3 aromatic rings. The highest BCUT2D eigenvalue weighted by Crippen LogP contribution is 2.32. The van der Waals surface area contributed by atoms with Crippen LogP contribution in [0.5, 0.6) is 5.75 Å². The average molecular weight is 527 g/mol. The summed E-state index contributed by atoms with van der Waals surface area (Å²) in [5.74, 6) is 6.85. The minimum atomic E-state index is -4.27. The number of rotatable bonds is 5. The van der Waals surface area contributed by atoms with Crippen molar-refractivity contribution in [3.8, 4) is 28.8 Å². The molecule has 2 aromatic heterocycles. The zero-order valence-corrected chi connectivity index (χ0v) is 21.2. The van der Waals surface area contributed by atoms with E-state index in [4.69, 9.17) is 5.73 Å². The molecule has 9 nitrogen and oxygen atoms in total. The fraction of sp³-hybridized carbons (Fsp3) is 0.385. The highest BCUT2D eigenvalue weighted by atomic mass is 19.4. The van der Waals surface area contributed by atoms with E-state index in [9.17, 15) is 18.3 Å². The first-order valence-electron chi connectivity index (χ1n) is 12.1. The Morgan fingerprint density at radius 2 is 1.95 bits per heavy atom. The second-order valence-corrected chi connectivity index (χ2v) is 9.16. The number of nitrogen functional groups attached to an aromatic ring is 1. The SMILES string of the molecule is C[C@@H]1CCN(c2cc(-c3ccccc3O)nnc2N)CCN1c1ccnc(C#CCN(C)CC(F)(F)F)n1. The number of anilines is 3. The molecule has 200 valence electrons. The first kappa shape index (κ1) is 26.9. The van der Waals surface area contributed by atoms with Crippen molar-refractivity contribution in [1.29, 1.82) is 0 Å². The van der Waals surface area contributed by atoms with Crippen molar-refractivity contribution in [3.05, 3.63) is 48.4 Å². The highest BCUT2D eigenvalue weighted by Gasteiger charge is 2.28. The van der Waals surface area contributed by atoms with Gasteiger partial charge in [0, 0.05) is 37.4 Å². The molecular weight excluding hydrogens is 497 g/mol. The molecule has 12 heteroatoms. The second kappa shape index (κ2) is 11.5. The van der Waals surface area contributed by atoms with Gasteiger partial charge in [-0.25, -0.2) is 9.97 Å². The lowest BCUT2D eigenvalue weighted by Crippen LogP contribution is -2.35. The van der Waals surface area contributed by atoms with Crippen molar-refractivity contribution in [3.63, 3.8) is 0 Å². The molecule has 38 heavy (non-hydrogen) atoms. The maximum Gasteiger partial charge on any atom is 0.401 e. The van der Waals surface area contributed by atoms with E-state index in [1.807, 2.05) is 12.1 Å². The summed E-state index contributed by atoms with van der Waals surface area (Å²) in [5.41, 5.74) is 8.04. The van der Waals surface area contributed by atoms with E-state index in [1.54, 1.807) is 30.5 Å². The molecule has 1 saturated heterocycles. The molecule has 0 amide bonds. The Kier molecular flexibility index (Phi) is 8.16. The fourth-order valence-electron chi connectivity index (χ4n) is 4.29. The summed E-state index contributed by atoms with van der Waals surface area (Å²) in [6.45, 7) is 3.00. The third kappa shape index (κ3) is 6.80. The Labute approximate surface area is 219 Å². The van der Waals surface area contributed by atoms with Crippen LogP contribution in [0.4, 0.5) is 30.5 Å². The van der Waals surface area contributed by atoms with Gasteiger partial charge in [0.25, 0.3) is 0 Å². The molecule has 0 unspecified atom stereocenters. The summed E-state index contributed by atoms with van der Waals surface area (Å²) in [7, 11) is 1.36. The number of halogens is 3. The fourth-order valence-corrected chi connectivity index (χ4v) is 4.29. The van der Waals surface area contributed by atoms with Crippen LogP contribution in [0.15, 0.2) is 42.6 Å². The first-order chi connectivity index (χ1) is 18.1. The van der Waals surface area contributed by atoms with Crippen molar-refractivity contribution < 1.29 is 18.3 Å². The summed E-state index contributed by atoms with van der Waals surface area (Å²) in [4.78, 5) is 14.1. The van der Waals surface area contributed by atoms with E-state index in [0.717, 1.165) is 23.6 Å². The van der Waals surface area contributed by atoms with Crippen molar-refractivity contribution in [2.24, 2.45) is 0 Å². The molecule has 0 bridgehead atoms. The Bertz CT molecular complexity index is 1320. The van der Waals surface area contributed by atoms with Crippen molar-refractivity contribution in [2.45, 2.75) is 25.6 Å². The van der Waals surface area contributed by atoms with Gasteiger partial charge in [0.15, 0.2) is 5.82 Å². The summed E-state index contributed by atoms with van der Waals surface area (Å²) >= 11 is 0. The number of alkyl halides is 3. The molecule has 1 fully saturated rings. The number of hydrogen-bond acceptors (Lipinski definition) is 9. The van der Waals surface area contributed by atoms with Gasteiger partial charge in [-0.1, -0.05) is 18.1 Å². The molecular formula is C26H29F3N8O. The average Bonchev–Trinajstić information content (AvgIpc) is 3.05. The van der Waals surface area contributed by atoms with E-state index in [1.165, 1.54) is 7.05 Å². The molecule has 1 aliphatic rings. The molecule has 3 heterocycles. The maximum atomic E-state index is 12.5. The largest absolute Gasteiger partial charge is 0.507 e. The number of aromatic nitrogens is 4. The van der Waals surface area contributed by atoms with Gasteiger partial charge in [0.1, 0.15) is 11.6 Å². The van der Waals surface area contributed by atoms with E-state index >= 15 is 0 Å². The molecule has 0 saturated carbocycles. The van der Waals surface area contributed by atoms with Gasteiger partial charge < -0.3 is 20.6 Å². The van der Waals surface area contributed by atoms with Crippen LogP contribution in [0.2, 0.25) is 0 Å². The Morgan fingerprint density at radius 1 is 1.16 bits per heavy atom. The number of nitrogens with zero attached hydrogens (tertiary/aromatic N) is 7. The van der Waals surface area contributed by atoms with Crippen LogP contribution in [-0.2, 0) is 0 Å². The summed E-state index contributed by atoms with van der Waals surface area (Å²) in [6, 6.07) is 10.7. The van der Waals surface area contributed by atoms with Crippen molar-refractivity contribution in [2.75, 3.05) is 55.3 Å². The predicted octanol–water partition coefficient (Wildman–Crippen LogP) is 3.17. The van der Waals surface area contributed by atoms with Gasteiger partial charge in [0.2, 0.25) is 5.82 Å². The second-order valence-electron chi connectivity index (χ2n) is 9.16. The number of para-hydroxylation sites is 1. The van der Waals surface area contributed by atoms with Gasteiger partial charge >= 0.3 is 6.18 Å². The summed E-state index contributed by atoms with van der Waals surface area (Å²) < 4.78 is 37.5. The number of aromatic hydroxyl groups is 1. The number of benzene rings is 1. The Balaban J connectivity index is 1.48. The molecule has 0 aliphatic carbocycles. The first-order valence-corrected chi connectivity index (χ1v) is 12.1. The number of phenols is 1. The lowest BCUT2D eigenvalue weighted by atomic mass is 10.1. The minimum Gasteiger partial charge on any atom is -0.507 e. The maximum absolute atomic E-state index is 12.5. The Hall–Kier alpha value is -4.11. The van der Waals surface area contributed by atoms with Crippen LogP contribution in [0.25, 0.3) is 11.3 Å². The zero-order valence-electron chi connectivity index (χ0n) is 21.2. The van der Waals surface area contributed by atoms with Crippen LogP contribution < -0.4 is 15.5 Å². The number of phenolic OH excluding ortho intramolecular Hbond substituents is 1. The van der Waals surface area contributed by atoms with Crippen LogP contribution in [0.3, 0.4) is 0 Å².